The third-order valence-corrected chi connectivity index (χ3v) is 6.28. The Balaban J connectivity index is 1.38. The zero-order chi connectivity index (χ0) is 23.0. The summed E-state index contributed by atoms with van der Waals surface area (Å²) in [5.41, 5.74) is 2.93. The summed E-state index contributed by atoms with van der Waals surface area (Å²) in [7, 11) is 1.79. The second-order valence-corrected chi connectivity index (χ2v) is 8.71. The molecule has 1 aliphatic rings. The summed E-state index contributed by atoms with van der Waals surface area (Å²) < 4.78 is 5.84. The molecule has 4 rings (SSSR count). The largest absolute Gasteiger partial charge is 0.489 e. The summed E-state index contributed by atoms with van der Waals surface area (Å²) in [4.78, 5) is 17.2. The number of ether oxygens (including phenoxy) is 1. The van der Waals surface area contributed by atoms with E-state index in [0.29, 0.717) is 25.1 Å². The number of hydrogen-bond acceptors (Lipinski definition) is 4. The van der Waals surface area contributed by atoms with Crippen LogP contribution in [0.2, 0.25) is 0 Å². The molecule has 1 heterocycles. The second kappa shape index (κ2) is 11.1. The first-order chi connectivity index (χ1) is 16.1. The number of aliphatic hydroxyl groups is 1. The monoisotopic (exact) mass is 444 g/mol. The van der Waals surface area contributed by atoms with Gasteiger partial charge in [0.1, 0.15) is 12.4 Å². The number of hydrogen-bond donors (Lipinski definition) is 1. The minimum absolute atomic E-state index is 0.0878. The van der Waals surface area contributed by atoms with Crippen molar-refractivity contribution in [1.29, 1.82) is 0 Å². The maximum atomic E-state index is 13.2. The smallest absolute Gasteiger partial charge is 0.253 e. The fraction of sp³-hybridized carbons (Fsp3) is 0.321. The first kappa shape index (κ1) is 23.0. The summed E-state index contributed by atoms with van der Waals surface area (Å²) in [6.45, 7) is 2.87. The van der Waals surface area contributed by atoms with Gasteiger partial charge in [0, 0.05) is 25.7 Å². The average molecular weight is 445 g/mol. The Kier molecular flexibility index (Phi) is 7.76. The Labute approximate surface area is 196 Å². The Morgan fingerprint density at radius 3 is 2.27 bits per heavy atom. The Hall–Kier alpha value is -3.15. The molecular weight excluding hydrogens is 412 g/mol. The number of rotatable bonds is 7. The summed E-state index contributed by atoms with van der Waals surface area (Å²) in [6.07, 6.45) is 1.08. The molecule has 0 spiro atoms. The predicted octanol–water partition coefficient (Wildman–Crippen LogP) is 4.36. The van der Waals surface area contributed by atoms with Crippen LogP contribution in [0.15, 0.2) is 84.9 Å². The third kappa shape index (κ3) is 6.21. The highest BCUT2D eigenvalue weighted by atomic mass is 16.5. The van der Waals surface area contributed by atoms with Crippen LogP contribution in [-0.2, 0) is 13.2 Å². The van der Waals surface area contributed by atoms with Crippen LogP contribution in [-0.4, -0.2) is 53.1 Å². The van der Waals surface area contributed by atoms with Crippen molar-refractivity contribution >= 4 is 5.91 Å². The van der Waals surface area contributed by atoms with Gasteiger partial charge >= 0.3 is 0 Å². The summed E-state index contributed by atoms with van der Waals surface area (Å²) in [5, 5.41) is 10.8. The van der Waals surface area contributed by atoms with Crippen molar-refractivity contribution in [2.24, 2.45) is 0 Å². The van der Waals surface area contributed by atoms with Crippen LogP contribution in [0.4, 0.5) is 0 Å². The normalized spacial score (nSPS) is 19.0. The van der Waals surface area contributed by atoms with E-state index in [1.807, 2.05) is 60.7 Å². The maximum Gasteiger partial charge on any atom is 0.253 e. The van der Waals surface area contributed by atoms with Gasteiger partial charge in [-0.2, -0.15) is 0 Å². The minimum atomic E-state index is -0.534. The number of carbonyl (C=O) groups is 1. The molecule has 1 saturated heterocycles. The molecule has 2 unspecified atom stereocenters. The quantitative estimate of drug-likeness (QED) is 0.588. The highest BCUT2D eigenvalue weighted by molar-refractivity contribution is 5.94. The fourth-order valence-electron chi connectivity index (χ4n) is 4.35. The second-order valence-electron chi connectivity index (χ2n) is 8.71. The molecule has 5 heteroatoms. The molecule has 0 aromatic heterocycles. The Morgan fingerprint density at radius 1 is 0.970 bits per heavy atom. The number of amides is 1. The lowest BCUT2D eigenvalue weighted by molar-refractivity contribution is 0.0375. The van der Waals surface area contributed by atoms with Gasteiger partial charge in [0.15, 0.2) is 0 Å². The third-order valence-electron chi connectivity index (χ3n) is 6.28. The zero-order valence-corrected chi connectivity index (χ0v) is 19.1. The van der Waals surface area contributed by atoms with Crippen LogP contribution in [0.5, 0.6) is 5.75 Å². The lowest BCUT2D eigenvalue weighted by Crippen LogP contribution is -2.49. The van der Waals surface area contributed by atoms with Gasteiger partial charge in [-0.25, -0.2) is 0 Å². The summed E-state index contributed by atoms with van der Waals surface area (Å²) in [6, 6.07) is 27.3. The van der Waals surface area contributed by atoms with E-state index in [9.17, 15) is 9.90 Å². The zero-order valence-electron chi connectivity index (χ0n) is 19.1. The molecule has 0 saturated carbocycles. The van der Waals surface area contributed by atoms with Crippen LogP contribution >= 0.6 is 0 Å². The van der Waals surface area contributed by atoms with Gasteiger partial charge in [-0.3, -0.25) is 9.69 Å². The van der Waals surface area contributed by atoms with E-state index in [4.69, 9.17) is 4.74 Å². The lowest BCUT2D eigenvalue weighted by atomic mass is 10.0. The molecule has 0 bridgehead atoms. The molecule has 33 heavy (non-hydrogen) atoms. The molecule has 172 valence electrons. The first-order valence-electron chi connectivity index (χ1n) is 11.6. The molecule has 3 aromatic carbocycles. The molecule has 3 aromatic rings. The van der Waals surface area contributed by atoms with Gasteiger partial charge in [0.25, 0.3) is 5.91 Å². The van der Waals surface area contributed by atoms with Crippen molar-refractivity contribution in [3.05, 3.63) is 102 Å². The lowest BCUT2D eigenvalue weighted by Gasteiger charge is -2.33. The van der Waals surface area contributed by atoms with Gasteiger partial charge < -0.3 is 14.7 Å². The molecule has 1 aliphatic heterocycles. The van der Waals surface area contributed by atoms with Gasteiger partial charge in [0.05, 0.1) is 12.1 Å². The van der Waals surface area contributed by atoms with Gasteiger partial charge in [-0.05, 0) is 54.8 Å². The van der Waals surface area contributed by atoms with E-state index in [1.165, 1.54) is 5.56 Å². The summed E-state index contributed by atoms with van der Waals surface area (Å²) in [5.74, 6) is 0.636. The van der Waals surface area contributed by atoms with Crippen molar-refractivity contribution < 1.29 is 14.6 Å². The molecule has 0 radical (unpaired) electrons. The van der Waals surface area contributed by atoms with E-state index >= 15 is 0 Å². The fourth-order valence-corrected chi connectivity index (χ4v) is 4.35. The van der Waals surface area contributed by atoms with Crippen molar-refractivity contribution in [2.45, 2.75) is 38.1 Å². The predicted molar refractivity (Wildman–Crippen MR) is 130 cm³/mol. The molecule has 1 fully saturated rings. The Bertz CT molecular complexity index is 1010. The van der Waals surface area contributed by atoms with Gasteiger partial charge in [0.2, 0.25) is 0 Å². The molecule has 0 aliphatic carbocycles. The minimum Gasteiger partial charge on any atom is -0.489 e. The van der Waals surface area contributed by atoms with E-state index < -0.39 is 6.10 Å². The average Bonchev–Trinajstić information content (AvgIpc) is 3.04. The van der Waals surface area contributed by atoms with Gasteiger partial charge in [-0.1, -0.05) is 60.7 Å². The topological polar surface area (TPSA) is 53.0 Å². The van der Waals surface area contributed by atoms with Crippen LogP contribution in [0.1, 0.15) is 34.3 Å². The number of nitrogens with zero attached hydrogens (tertiary/aromatic N) is 2. The van der Waals surface area contributed by atoms with Gasteiger partial charge in [-0.15, -0.1) is 0 Å². The maximum absolute atomic E-state index is 13.2. The highest BCUT2D eigenvalue weighted by Crippen LogP contribution is 2.21. The molecule has 1 amide bonds. The summed E-state index contributed by atoms with van der Waals surface area (Å²) >= 11 is 0. The van der Waals surface area contributed by atoms with Crippen LogP contribution < -0.4 is 4.74 Å². The molecule has 5 nitrogen and oxygen atoms in total. The van der Waals surface area contributed by atoms with Crippen molar-refractivity contribution in [2.75, 3.05) is 20.1 Å². The van der Waals surface area contributed by atoms with E-state index in [0.717, 1.165) is 30.8 Å². The number of aliphatic hydroxyl groups excluding tert-OH is 1. The first-order valence-corrected chi connectivity index (χ1v) is 11.6. The molecular formula is C28H32N2O3. The van der Waals surface area contributed by atoms with Crippen LogP contribution in [0.25, 0.3) is 0 Å². The van der Waals surface area contributed by atoms with E-state index in [-0.39, 0.29) is 11.9 Å². The number of carbonyl (C=O) groups excluding carboxylic acids is 1. The van der Waals surface area contributed by atoms with E-state index in [1.54, 1.807) is 24.1 Å². The number of benzene rings is 3. The highest BCUT2D eigenvalue weighted by Gasteiger charge is 2.31. The van der Waals surface area contributed by atoms with Crippen LogP contribution in [0, 0.1) is 0 Å². The van der Waals surface area contributed by atoms with E-state index in [2.05, 4.69) is 17.0 Å². The Morgan fingerprint density at radius 2 is 1.61 bits per heavy atom. The standard InChI is InChI=1S/C28H32N2O3/c1-29(26-20-30(18-8-13-27(26)31)19-22-9-4-2-5-10-22)28(32)24-14-16-25(17-15-24)33-21-23-11-6-3-7-12-23/h2-7,9-12,14-17,26-27,31H,8,13,18-21H2,1H3. The SMILES string of the molecule is CN(C(=O)c1ccc(OCc2ccccc2)cc1)C1CN(Cc2ccccc2)CCCC1O. The molecule has 2 atom stereocenters. The number of likely N-dealkylation sites (tertiary alicyclic amines) is 1. The van der Waals surface area contributed by atoms with Crippen molar-refractivity contribution in [3.8, 4) is 5.75 Å². The van der Waals surface area contributed by atoms with Crippen molar-refractivity contribution in [3.63, 3.8) is 0 Å². The molecule has 1 N–H and O–H groups in total. The van der Waals surface area contributed by atoms with Crippen molar-refractivity contribution in [1.82, 2.24) is 9.80 Å². The number of likely N-dealkylation sites (N-methyl/N-ethyl adjacent to an activating group) is 1. The van der Waals surface area contributed by atoms with Crippen LogP contribution in [0.3, 0.4) is 0 Å².